The molecule has 4 rings (SSSR count). The van der Waals surface area contributed by atoms with Crippen molar-refractivity contribution < 1.29 is 0 Å². The fourth-order valence-electron chi connectivity index (χ4n) is 3.53. The number of rotatable bonds is 6. The quantitative estimate of drug-likeness (QED) is 0.531. The van der Waals surface area contributed by atoms with Gasteiger partial charge < -0.3 is 4.57 Å². The maximum Gasteiger partial charge on any atom is 0.199 e. The summed E-state index contributed by atoms with van der Waals surface area (Å²) in [6.45, 7) is 8.89. The van der Waals surface area contributed by atoms with Crippen molar-refractivity contribution in [3.05, 3.63) is 56.4 Å². The third-order valence-corrected chi connectivity index (χ3v) is 6.64. The average molecular weight is 434 g/mol. The van der Waals surface area contributed by atoms with E-state index in [0.29, 0.717) is 0 Å². The Bertz CT molecular complexity index is 954. The minimum atomic E-state index is 0.727. The lowest BCUT2D eigenvalue weighted by Crippen LogP contribution is -2.46. The lowest BCUT2D eigenvalue weighted by molar-refractivity contribution is 0.0987. The molecule has 0 atom stereocenters. The summed E-state index contributed by atoms with van der Waals surface area (Å²) >= 11 is 13.6. The van der Waals surface area contributed by atoms with Gasteiger partial charge in [-0.15, -0.1) is 11.3 Å². The minimum Gasteiger partial charge on any atom is -0.300 e. The van der Waals surface area contributed by atoms with Crippen molar-refractivity contribution in [2.24, 2.45) is 0 Å². The summed E-state index contributed by atoms with van der Waals surface area (Å²) in [7, 11) is 0. The molecule has 2 aromatic heterocycles. The van der Waals surface area contributed by atoms with Gasteiger partial charge in [-0.1, -0.05) is 17.7 Å². The van der Waals surface area contributed by atoms with E-state index < -0.39 is 0 Å². The molecule has 148 valence electrons. The summed E-state index contributed by atoms with van der Waals surface area (Å²) in [6.07, 6.45) is 0. The van der Waals surface area contributed by atoms with Gasteiger partial charge in [-0.2, -0.15) is 5.10 Å². The van der Waals surface area contributed by atoms with E-state index >= 15 is 0 Å². The molecule has 1 saturated heterocycles. The number of piperazine rings is 1. The average Bonchev–Trinajstić information content (AvgIpc) is 3.32. The van der Waals surface area contributed by atoms with Crippen LogP contribution < -0.4 is 0 Å². The molecule has 8 heteroatoms. The highest BCUT2D eigenvalue weighted by atomic mass is 35.5. The molecule has 0 unspecified atom stereocenters. The predicted octanol–water partition coefficient (Wildman–Crippen LogP) is 4.59. The first-order chi connectivity index (χ1) is 13.6. The molecular weight excluding hydrogens is 410 g/mol. The Balaban J connectivity index is 1.44. The number of thiophene rings is 1. The molecule has 0 aliphatic carbocycles. The Labute approximate surface area is 179 Å². The second-order valence-corrected chi connectivity index (χ2v) is 8.81. The number of halogens is 1. The molecule has 1 fully saturated rings. The van der Waals surface area contributed by atoms with Gasteiger partial charge in [0.05, 0.1) is 6.67 Å². The summed E-state index contributed by atoms with van der Waals surface area (Å²) in [5.41, 5.74) is 1.04. The molecule has 0 radical (unpaired) electrons. The molecule has 1 aromatic carbocycles. The Kier molecular flexibility index (Phi) is 6.28. The first-order valence-corrected chi connectivity index (χ1v) is 11.2. The molecule has 5 nitrogen and oxygen atoms in total. The zero-order valence-electron chi connectivity index (χ0n) is 15.9. The molecule has 1 aliphatic rings. The molecule has 0 N–H and O–H groups in total. The molecule has 0 bridgehead atoms. The molecule has 28 heavy (non-hydrogen) atoms. The van der Waals surface area contributed by atoms with Crippen LogP contribution in [-0.2, 0) is 19.8 Å². The number of aromatic nitrogens is 3. The monoisotopic (exact) mass is 433 g/mol. The van der Waals surface area contributed by atoms with Gasteiger partial charge in [0.15, 0.2) is 10.6 Å². The lowest BCUT2D eigenvalue weighted by atomic mass is 10.2. The SMILES string of the molecule is CCn1c(-c2ccc(Cl)cc2)nn(CN2CCN(Cc3cccs3)CC2)c1=S. The molecular formula is C20H24ClN5S2. The van der Waals surface area contributed by atoms with E-state index in [-0.39, 0.29) is 0 Å². The molecule has 1 aliphatic heterocycles. The Morgan fingerprint density at radius 2 is 1.79 bits per heavy atom. The predicted molar refractivity (Wildman–Crippen MR) is 118 cm³/mol. The normalized spacial score (nSPS) is 15.9. The van der Waals surface area contributed by atoms with Gasteiger partial charge in [0.25, 0.3) is 0 Å². The van der Waals surface area contributed by atoms with Gasteiger partial charge in [-0.05, 0) is 54.9 Å². The van der Waals surface area contributed by atoms with Crippen molar-refractivity contribution in [2.45, 2.75) is 26.7 Å². The smallest absolute Gasteiger partial charge is 0.199 e. The van der Waals surface area contributed by atoms with Crippen LogP contribution in [0.1, 0.15) is 11.8 Å². The van der Waals surface area contributed by atoms with Crippen molar-refractivity contribution in [3.8, 4) is 11.4 Å². The largest absolute Gasteiger partial charge is 0.300 e. The standard InChI is InChI=1S/C20H24ClN5S2/c1-2-25-19(16-5-7-17(21)8-6-16)22-26(20(25)27)15-24-11-9-23(10-12-24)14-18-4-3-13-28-18/h3-8,13H,2,9-12,14-15H2,1H3. The Hall–Kier alpha value is -1.51. The maximum atomic E-state index is 6.03. The van der Waals surface area contributed by atoms with Crippen LogP contribution in [0.4, 0.5) is 0 Å². The van der Waals surface area contributed by atoms with Crippen LogP contribution in [0.15, 0.2) is 41.8 Å². The van der Waals surface area contributed by atoms with E-state index in [2.05, 4.69) is 38.8 Å². The van der Waals surface area contributed by atoms with E-state index in [9.17, 15) is 0 Å². The van der Waals surface area contributed by atoms with Crippen LogP contribution in [0.2, 0.25) is 5.02 Å². The highest BCUT2D eigenvalue weighted by Crippen LogP contribution is 2.21. The molecule has 3 heterocycles. The van der Waals surface area contributed by atoms with Gasteiger partial charge in [0.2, 0.25) is 0 Å². The summed E-state index contributed by atoms with van der Waals surface area (Å²) in [5.74, 6) is 0.903. The van der Waals surface area contributed by atoms with Crippen LogP contribution in [0.5, 0.6) is 0 Å². The first-order valence-electron chi connectivity index (χ1n) is 9.54. The number of benzene rings is 1. The van der Waals surface area contributed by atoms with Crippen molar-refractivity contribution >= 4 is 35.2 Å². The van der Waals surface area contributed by atoms with Gasteiger partial charge >= 0.3 is 0 Å². The van der Waals surface area contributed by atoms with Crippen LogP contribution >= 0.6 is 35.2 Å². The van der Waals surface area contributed by atoms with Crippen LogP contribution in [0.3, 0.4) is 0 Å². The second-order valence-electron chi connectivity index (χ2n) is 6.97. The first kappa shape index (κ1) is 19.8. The van der Waals surface area contributed by atoms with E-state index in [1.54, 1.807) is 0 Å². The maximum absolute atomic E-state index is 6.03. The fourth-order valence-corrected chi connectivity index (χ4v) is 4.72. The van der Waals surface area contributed by atoms with Crippen molar-refractivity contribution in [1.29, 1.82) is 0 Å². The zero-order valence-corrected chi connectivity index (χ0v) is 18.3. The van der Waals surface area contributed by atoms with Crippen molar-refractivity contribution in [3.63, 3.8) is 0 Å². The topological polar surface area (TPSA) is 29.2 Å². The van der Waals surface area contributed by atoms with Crippen LogP contribution in [0, 0.1) is 4.77 Å². The third kappa shape index (κ3) is 4.39. The lowest BCUT2D eigenvalue weighted by Gasteiger charge is -2.34. The highest BCUT2D eigenvalue weighted by Gasteiger charge is 2.19. The van der Waals surface area contributed by atoms with Gasteiger partial charge in [0.1, 0.15) is 0 Å². The summed E-state index contributed by atoms with van der Waals surface area (Å²) in [4.78, 5) is 6.38. The van der Waals surface area contributed by atoms with E-state index in [1.165, 1.54) is 4.88 Å². The van der Waals surface area contributed by atoms with Crippen molar-refractivity contribution in [1.82, 2.24) is 24.1 Å². The van der Waals surface area contributed by atoms with Gasteiger partial charge in [0, 0.05) is 54.7 Å². The number of hydrogen-bond acceptors (Lipinski definition) is 5. The third-order valence-electron chi connectivity index (χ3n) is 5.10. The van der Waals surface area contributed by atoms with Crippen LogP contribution in [0.25, 0.3) is 11.4 Å². The minimum absolute atomic E-state index is 0.727. The van der Waals surface area contributed by atoms with E-state index in [4.69, 9.17) is 28.9 Å². The highest BCUT2D eigenvalue weighted by molar-refractivity contribution is 7.71. The van der Waals surface area contributed by atoms with Gasteiger partial charge in [-0.3, -0.25) is 9.80 Å². The zero-order chi connectivity index (χ0) is 19.5. The number of hydrogen-bond donors (Lipinski definition) is 0. The fraction of sp³-hybridized carbons (Fsp3) is 0.400. The van der Waals surface area contributed by atoms with Crippen LogP contribution in [-0.4, -0.2) is 50.3 Å². The summed E-state index contributed by atoms with van der Waals surface area (Å²) < 4.78 is 4.82. The molecule has 0 saturated carbocycles. The van der Waals surface area contributed by atoms with E-state index in [0.717, 1.165) is 67.1 Å². The van der Waals surface area contributed by atoms with Crippen molar-refractivity contribution in [2.75, 3.05) is 26.2 Å². The Morgan fingerprint density at radius 3 is 2.43 bits per heavy atom. The molecule has 0 amide bonds. The molecule has 3 aromatic rings. The summed E-state index contributed by atoms with van der Waals surface area (Å²) in [6, 6.07) is 12.1. The second kappa shape index (κ2) is 8.88. The van der Waals surface area contributed by atoms with Gasteiger partial charge in [-0.25, -0.2) is 4.68 Å². The Morgan fingerprint density at radius 1 is 1.07 bits per heavy atom. The number of nitrogens with zero attached hydrogens (tertiary/aromatic N) is 5. The summed E-state index contributed by atoms with van der Waals surface area (Å²) in [5, 5.41) is 7.71. The molecule has 0 spiro atoms. The van der Waals surface area contributed by atoms with E-state index in [1.807, 2.05) is 40.3 Å².